The first kappa shape index (κ1) is 18.2. The van der Waals surface area contributed by atoms with Crippen molar-refractivity contribution in [1.82, 2.24) is 0 Å². The van der Waals surface area contributed by atoms with Gasteiger partial charge in [-0.1, -0.05) is 41.0 Å². The molecule has 0 heterocycles. The lowest BCUT2D eigenvalue weighted by atomic mass is 10.2. The van der Waals surface area contributed by atoms with E-state index in [0.717, 1.165) is 19.8 Å². The fraction of sp³-hybridized carbons (Fsp3) is 0.0625. The largest absolute Gasteiger partial charge is 0.464 e. The normalized spacial score (nSPS) is 11.4. The van der Waals surface area contributed by atoms with Gasteiger partial charge in [-0.15, -0.1) is 0 Å². The molecular formula is C16H12BrCl2NO2S. The molecule has 7 heteroatoms. The van der Waals surface area contributed by atoms with E-state index < -0.39 is 5.97 Å². The van der Waals surface area contributed by atoms with Gasteiger partial charge in [0.15, 0.2) is 0 Å². The minimum atomic E-state index is -0.560. The predicted octanol–water partition coefficient (Wildman–Crippen LogP) is 5.38. The van der Waals surface area contributed by atoms with Gasteiger partial charge in [-0.25, -0.2) is 4.79 Å². The lowest BCUT2D eigenvalue weighted by molar-refractivity contribution is -0.136. The zero-order valence-electron chi connectivity index (χ0n) is 12.0. The molecule has 120 valence electrons. The van der Waals surface area contributed by atoms with Gasteiger partial charge in [0.2, 0.25) is 0 Å². The van der Waals surface area contributed by atoms with Crippen LogP contribution in [0.1, 0.15) is 5.56 Å². The highest BCUT2D eigenvalue weighted by Crippen LogP contribution is 2.36. The highest BCUT2D eigenvalue weighted by atomic mass is 79.9. The van der Waals surface area contributed by atoms with Crippen LogP contribution >= 0.6 is 50.9 Å². The number of hydrogen-bond donors (Lipinski definition) is 1. The van der Waals surface area contributed by atoms with E-state index in [0.29, 0.717) is 10.0 Å². The zero-order chi connectivity index (χ0) is 17.0. The first-order valence-corrected chi connectivity index (χ1v) is 8.75. The minimum Gasteiger partial charge on any atom is -0.464 e. The lowest BCUT2D eigenvalue weighted by Gasteiger charge is -2.07. The van der Waals surface area contributed by atoms with Gasteiger partial charge in [0.05, 0.1) is 17.2 Å². The summed E-state index contributed by atoms with van der Waals surface area (Å²) in [6, 6.07) is 11.1. The molecule has 2 N–H and O–H groups in total. The maximum atomic E-state index is 11.3. The molecule has 0 saturated carbocycles. The van der Waals surface area contributed by atoms with Crippen LogP contribution in [0.5, 0.6) is 0 Å². The van der Waals surface area contributed by atoms with Crippen molar-refractivity contribution in [2.75, 3.05) is 7.11 Å². The van der Waals surface area contributed by atoms with Crippen molar-refractivity contribution in [3.8, 4) is 0 Å². The van der Waals surface area contributed by atoms with Crippen LogP contribution in [0.15, 0.2) is 56.4 Å². The number of benzene rings is 2. The fourth-order valence-electron chi connectivity index (χ4n) is 1.71. The van der Waals surface area contributed by atoms with Gasteiger partial charge in [-0.3, -0.25) is 0 Å². The Balaban J connectivity index is 2.22. The van der Waals surface area contributed by atoms with E-state index in [2.05, 4.69) is 20.7 Å². The molecule has 2 rings (SSSR count). The van der Waals surface area contributed by atoms with Gasteiger partial charge in [-0.05, 0) is 57.9 Å². The molecule has 0 atom stereocenters. The predicted molar refractivity (Wildman–Crippen MR) is 98.9 cm³/mol. The molecule has 0 spiro atoms. The average Bonchev–Trinajstić information content (AvgIpc) is 2.52. The van der Waals surface area contributed by atoms with E-state index in [1.807, 2.05) is 30.3 Å². The van der Waals surface area contributed by atoms with Crippen molar-refractivity contribution in [3.63, 3.8) is 0 Å². The number of nitrogens with two attached hydrogens (primary N) is 1. The van der Waals surface area contributed by atoms with Crippen LogP contribution in [-0.2, 0) is 9.53 Å². The number of rotatable bonds is 4. The highest BCUT2D eigenvalue weighted by Gasteiger charge is 2.08. The van der Waals surface area contributed by atoms with E-state index in [-0.39, 0.29) is 5.70 Å². The van der Waals surface area contributed by atoms with Gasteiger partial charge in [0, 0.05) is 14.3 Å². The Labute approximate surface area is 156 Å². The van der Waals surface area contributed by atoms with Crippen molar-refractivity contribution in [2.45, 2.75) is 9.79 Å². The first-order chi connectivity index (χ1) is 10.9. The molecule has 23 heavy (non-hydrogen) atoms. The molecule has 0 aliphatic heterocycles. The molecule has 2 aromatic carbocycles. The monoisotopic (exact) mass is 431 g/mol. The number of esters is 1. The van der Waals surface area contributed by atoms with Crippen molar-refractivity contribution >= 4 is 62.9 Å². The summed E-state index contributed by atoms with van der Waals surface area (Å²) in [6.45, 7) is 0. The second-order valence-corrected chi connectivity index (χ2v) is 7.24. The number of methoxy groups -OCH3 is 1. The molecular weight excluding hydrogens is 421 g/mol. The van der Waals surface area contributed by atoms with Crippen LogP contribution in [0.4, 0.5) is 0 Å². The number of hydrogen-bond acceptors (Lipinski definition) is 4. The number of carbonyl (C=O) groups excluding carboxylic acids is 1. The van der Waals surface area contributed by atoms with E-state index in [9.17, 15) is 4.79 Å². The summed E-state index contributed by atoms with van der Waals surface area (Å²) in [7, 11) is 1.29. The lowest BCUT2D eigenvalue weighted by Crippen LogP contribution is -2.12. The highest BCUT2D eigenvalue weighted by molar-refractivity contribution is 9.10. The summed E-state index contributed by atoms with van der Waals surface area (Å²) in [6.07, 6.45) is 1.56. The third kappa shape index (κ3) is 4.91. The summed E-state index contributed by atoms with van der Waals surface area (Å²) < 4.78 is 5.44. The Kier molecular flexibility index (Phi) is 6.41. The summed E-state index contributed by atoms with van der Waals surface area (Å²) in [5.41, 5.74) is 6.48. The van der Waals surface area contributed by atoms with Gasteiger partial charge in [0.25, 0.3) is 0 Å². The van der Waals surface area contributed by atoms with Crippen LogP contribution in [-0.4, -0.2) is 13.1 Å². The van der Waals surface area contributed by atoms with Crippen molar-refractivity contribution in [3.05, 3.63) is 62.2 Å². The van der Waals surface area contributed by atoms with E-state index >= 15 is 0 Å². The molecule has 0 unspecified atom stereocenters. The Hall–Kier alpha value is -1.14. The quantitative estimate of drug-likeness (QED) is 0.520. The molecule has 0 aliphatic rings. The summed E-state index contributed by atoms with van der Waals surface area (Å²) in [5.74, 6) is -0.560. The smallest absolute Gasteiger partial charge is 0.353 e. The number of carbonyl (C=O) groups is 1. The van der Waals surface area contributed by atoms with Crippen LogP contribution in [0.25, 0.3) is 6.08 Å². The zero-order valence-corrected chi connectivity index (χ0v) is 15.9. The molecule has 0 bridgehead atoms. The summed E-state index contributed by atoms with van der Waals surface area (Å²) >= 11 is 17.0. The van der Waals surface area contributed by atoms with Crippen molar-refractivity contribution in [2.24, 2.45) is 5.73 Å². The SMILES string of the molecule is COC(=O)/C(N)=C/c1ccc(Sc2ccc(Cl)c(Cl)c2)c(Br)c1. The van der Waals surface area contributed by atoms with Crippen LogP contribution < -0.4 is 5.73 Å². The Bertz CT molecular complexity index is 781. The second-order valence-electron chi connectivity index (χ2n) is 4.46. The van der Waals surface area contributed by atoms with Gasteiger partial charge in [0.1, 0.15) is 5.70 Å². The number of halogens is 3. The van der Waals surface area contributed by atoms with Crippen molar-refractivity contribution < 1.29 is 9.53 Å². The maximum Gasteiger partial charge on any atom is 0.353 e. The Morgan fingerprint density at radius 1 is 1.22 bits per heavy atom. The second kappa shape index (κ2) is 8.11. The maximum absolute atomic E-state index is 11.3. The third-order valence-corrected chi connectivity index (χ3v) is 5.54. The molecule has 0 radical (unpaired) electrons. The molecule has 0 fully saturated rings. The Morgan fingerprint density at radius 3 is 2.57 bits per heavy atom. The van der Waals surface area contributed by atoms with Crippen molar-refractivity contribution in [1.29, 1.82) is 0 Å². The third-order valence-electron chi connectivity index (χ3n) is 2.82. The molecule has 0 amide bonds. The average molecular weight is 433 g/mol. The Morgan fingerprint density at radius 2 is 1.96 bits per heavy atom. The van der Waals surface area contributed by atoms with E-state index in [1.165, 1.54) is 7.11 Å². The van der Waals surface area contributed by atoms with Crippen LogP contribution in [0.2, 0.25) is 10.0 Å². The fourth-order valence-corrected chi connectivity index (χ4v) is 3.57. The summed E-state index contributed by atoms with van der Waals surface area (Å²) in [4.78, 5) is 13.3. The van der Waals surface area contributed by atoms with Gasteiger partial charge >= 0.3 is 5.97 Å². The standard InChI is InChI=1S/C16H12BrCl2NO2S/c1-22-16(21)14(20)7-9-2-5-15(11(17)6-9)23-10-3-4-12(18)13(19)8-10/h2-8H,20H2,1H3/b14-7-. The molecule has 0 saturated heterocycles. The molecule has 0 aliphatic carbocycles. The van der Waals surface area contributed by atoms with E-state index in [1.54, 1.807) is 23.9 Å². The molecule has 2 aromatic rings. The van der Waals surface area contributed by atoms with Crippen LogP contribution in [0.3, 0.4) is 0 Å². The summed E-state index contributed by atoms with van der Waals surface area (Å²) in [5, 5.41) is 1.03. The minimum absolute atomic E-state index is 0.0456. The molecule has 3 nitrogen and oxygen atoms in total. The molecule has 0 aromatic heterocycles. The van der Waals surface area contributed by atoms with Crippen LogP contribution in [0, 0.1) is 0 Å². The number of ether oxygens (including phenoxy) is 1. The van der Waals surface area contributed by atoms with Gasteiger partial charge in [-0.2, -0.15) is 0 Å². The topological polar surface area (TPSA) is 52.3 Å². The first-order valence-electron chi connectivity index (χ1n) is 6.38. The van der Waals surface area contributed by atoms with E-state index in [4.69, 9.17) is 28.9 Å². The van der Waals surface area contributed by atoms with Gasteiger partial charge < -0.3 is 10.5 Å².